The van der Waals surface area contributed by atoms with Crippen LogP contribution in [-0.2, 0) is 22.4 Å². The summed E-state index contributed by atoms with van der Waals surface area (Å²) < 4.78 is 0. The highest BCUT2D eigenvalue weighted by Crippen LogP contribution is 2.30. The first-order valence-electron chi connectivity index (χ1n) is 6.75. The van der Waals surface area contributed by atoms with Gasteiger partial charge in [-0.15, -0.1) is 0 Å². The summed E-state index contributed by atoms with van der Waals surface area (Å²) >= 11 is 0. The molecule has 2 N–H and O–H groups in total. The molecule has 3 rings (SSSR count). The summed E-state index contributed by atoms with van der Waals surface area (Å²) in [5.74, 6) is -0.500. The number of nitrogens with one attached hydrogen (secondary N) is 1. The van der Waals surface area contributed by atoms with Gasteiger partial charge in [-0.1, -0.05) is 0 Å². The van der Waals surface area contributed by atoms with Gasteiger partial charge in [0.1, 0.15) is 18.2 Å². The third-order valence-electron chi connectivity index (χ3n) is 3.82. The summed E-state index contributed by atoms with van der Waals surface area (Å²) in [5, 5.41) is 11.7. The molecule has 1 saturated heterocycles. The van der Waals surface area contributed by atoms with Crippen LogP contribution in [0.15, 0.2) is 6.33 Å². The van der Waals surface area contributed by atoms with Crippen LogP contribution in [0.4, 0.5) is 5.82 Å². The molecule has 0 spiro atoms. The molecule has 1 aliphatic carbocycles. The van der Waals surface area contributed by atoms with Crippen molar-refractivity contribution in [2.24, 2.45) is 0 Å². The number of piperazine rings is 1. The summed E-state index contributed by atoms with van der Waals surface area (Å²) in [7, 11) is 0. The van der Waals surface area contributed by atoms with Crippen LogP contribution in [-0.4, -0.2) is 46.1 Å². The number of carboxylic acids is 1. The quantitative estimate of drug-likeness (QED) is 0.790. The third-order valence-corrected chi connectivity index (χ3v) is 3.82. The number of hydrogen-bond donors (Lipinski definition) is 2. The van der Waals surface area contributed by atoms with Crippen molar-refractivity contribution in [3.05, 3.63) is 17.6 Å². The average Bonchev–Trinajstić information content (AvgIpc) is 2.89. The first kappa shape index (κ1) is 12.8. The highest BCUT2D eigenvalue weighted by atomic mass is 16.4. The van der Waals surface area contributed by atoms with Crippen molar-refractivity contribution in [3.8, 4) is 0 Å². The predicted octanol–water partition coefficient (Wildman–Crippen LogP) is -0.255. The van der Waals surface area contributed by atoms with Crippen molar-refractivity contribution in [2.75, 3.05) is 18.0 Å². The van der Waals surface area contributed by atoms with E-state index >= 15 is 0 Å². The summed E-state index contributed by atoms with van der Waals surface area (Å²) in [6, 6.07) is -0.694. The van der Waals surface area contributed by atoms with E-state index in [2.05, 4.69) is 15.3 Å². The van der Waals surface area contributed by atoms with E-state index in [1.807, 2.05) is 4.90 Å². The maximum atomic E-state index is 12.0. The summed E-state index contributed by atoms with van der Waals surface area (Å²) in [6.45, 7) is 1.08. The van der Waals surface area contributed by atoms with Crippen LogP contribution in [0.1, 0.15) is 24.1 Å². The zero-order valence-corrected chi connectivity index (χ0v) is 11.0. The fraction of sp³-hybridized carbons (Fsp3) is 0.538. The van der Waals surface area contributed by atoms with Crippen molar-refractivity contribution in [1.29, 1.82) is 0 Å². The van der Waals surface area contributed by atoms with E-state index in [4.69, 9.17) is 5.11 Å². The zero-order valence-electron chi connectivity index (χ0n) is 11.0. The molecule has 1 atom stereocenters. The summed E-state index contributed by atoms with van der Waals surface area (Å²) in [4.78, 5) is 33.3. The van der Waals surface area contributed by atoms with Crippen molar-refractivity contribution in [3.63, 3.8) is 0 Å². The Balaban J connectivity index is 1.96. The van der Waals surface area contributed by atoms with Crippen LogP contribution in [0.2, 0.25) is 0 Å². The molecule has 7 heteroatoms. The first-order valence-corrected chi connectivity index (χ1v) is 6.75. The van der Waals surface area contributed by atoms with Gasteiger partial charge in [0, 0.05) is 24.3 Å². The number of aryl methyl sites for hydroxylation is 1. The second kappa shape index (κ2) is 5.07. The number of amides is 1. The molecule has 1 aliphatic heterocycles. The molecule has 0 bridgehead atoms. The number of hydrogen-bond acceptors (Lipinski definition) is 5. The normalized spacial score (nSPS) is 21.5. The molecule has 1 aromatic heterocycles. The molecule has 106 valence electrons. The van der Waals surface area contributed by atoms with Gasteiger partial charge < -0.3 is 15.3 Å². The fourth-order valence-electron chi connectivity index (χ4n) is 2.93. The molecule has 0 aromatic carbocycles. The van der Waals surface area contributed by atoms with E-state index in [0.717, 1.165) is 36.3 Å². The van der Waals surface area contributed by atoms with Crippen LogP contribution >= 0.6 is 0 Å². The molecule has 0 radical (unpaired) electrons. The highest BCUT2D eigenvalue weighted by molar-refractivity contribution is 5.90. The third kappa shape index (κ3) is 2.19. The number of carbonyl (C=O) groups is 2. The molecule has 1 unspecified atom stereocenters. The summed E-state index contributed by atoms with van der Waals surface area (Å²) in [5.41, 5.74) is 2.09. The molecule has 2 aliphatic rings. The second-order valence-corrected chi connectivity index (χ2v) is 5.07. The van der Waals surface area contributed by atoms with Crippen molar-refractivity contribution < 1.29 is 14.7 Å². The van der Waals surface area contributed by atoms with E-state index in [9.17, 15) is 9.59 Å². The zero-order chi connectivity index (χ0) is 14.1. The molecule has 2 heterocycles. The number of anilines is 1. The molecule has 1 fully saturated rings. The van der Waals surface area contributed by atoms with Crippen molar-refractivity contribution >= 4 is 17.7 Å². The van der Waals surface area contributed by atoms with E-state index in [0.29, 0.717) is 13.1 Å². The van der Waals surface area contributed by atoms with Gasteiger partial charge in [0.2, 0.25) is 5.91 Å². The van der Waals surface area contributed by atoms with Gasteiger partial charge in [0.25, 0.3) is 0 Å². The van der Waals surface area contributed by atoms with Gasteiger partial charge >= 0.3 is 5.97 Å². The Bertz CT molecular complexity index is 561. The van der Waals surface area contributed by atoms with Gasteiger partial charge in [-0.05, 0) is 19.3 Å². The summed E-state index contributed by atoms with van der Waals surface area (Å²) in [6.07, 6.45) is 4.14. The highest BCUT2D eigenvalue weighted by Gasteiger charge is 2.34. The Hall–Kier alpha value is -2.18. The molecular weight excluding hydrogens is 260 g/mol. The molecule has 0 saturated carbocycles. The maximum Gasteiger partial charge on any atom is 0.305 e. The van der Waals surface area contributed by atoms with E-state index < -0.39 is 12.0 Å². The minimum absolute atomic E-state index is 0.218. The number of rotatable bonds is 3. The average molecular weight is 276 g/mol. The minimum Gasteiger partial charge on any atom is -0.481 e. The van der Waals surface area contributed by atoms with Gasteiger partial charge in [-0.25, -0.2) is 9.97 Å². The number of aliphatic carboxylic acids is 1. The van der Waals surface area contributed by atoms with Crippen molar-refractivity contribution in [1.82, 2.24) is 15.3 Å². The van der Waals surface area contributed by atoms with Crippen LogP contribution in [0.3, 0.4) is 0 Å². The van der Waals surface area contributed by atoms with Crippen LogP contribution in [0.25, 0.3) is 0 Å². The largest absolute Gasteiger partial charge is 0.481 e. The fourth-order valence-corrected chi connectivity index (χ4v) is 2.93. The predicted molar refractivity (Wildman–Crippen MR) is 70.5 cm³/mol. The Kier molecular flexibility index (Phi) is 3.25. The van der Waals surface area contributed by atoms with E-state index in [1.165, 1.54) is 6.33 Å². The number of nitrogens with zero attached hydrogens (tertiary/aromatic N) is 3. The standard InChI is InChI=1S/C13H16N4O3/c18-11(19)6-10-13(20)14-4-5-17(10)12-8-2-1-3-9(8)15-7-16-12/h7,10H,1-6H2,(H,14,20)(H,18,19). The molecular formula is C13H16N4O3. The minimum atomic E-state index is -0.984. The topological polar surface area (TPSA) is 95.4 Å². The smallest absolute Gasteiger partial charge is 0.305 e. The van der Waals surface area contributed by atoms with Gasteiger partial charge in [0.15, 0.2) is 0 Å². The SMILES string of the molecule is O=C(O)CC1C(=O)NCCN1c1ncnc2c1CCC2. The molecule has 1 amide bonds. The Morgan fingerprint density at radius 1 is 1.45 bits per heavy atom. The van der Waals surface area contributed by atoms with Crippen molar-refractivity contribution in [2.45, 2.75) is 31.7 Å². The Labute approximate surface area is 116 Å². The maximum absolute atomic E-state index is 12.0. The molecule has 7 nitrogen and oxygen atoms in total. The van der Waals surface area contributed by atoms with Crippen LogP contribution in [0, 0.1) is 0 Å². The van der Waals surface area contributed by atoms with E-state index in [1.54, 1.807) is 0 Å². The Morgan fingerprint density at radius 3 is 3.10 bits per heavy atom. The number of carbonyl (C=O) groups excluding carboxylic acids is 1. The lowest BCUT2D eigenvalue weighted by atomic mass is 10.1. The monoisotopic (exact) mass is 276 g/mol. The van der Waals surface area contributed by atoms with Crippen LogP contribution in [0.5, 0.6) is 0 Å². The van der Waals surface area contributed by atoms with Gasteiger partial charge in [-0.3, -0.25) is 9.59 Å². The second-order valence-electron chi connectivity index (χ2n) is 5.07. The lowest BCUT2D eigenvalue weighted by Gasteiger charge is -2.36. The lowest BCUT2D eigenvalue weighted by molar-refractivity contribution is -0.139. The number of carboxylic acid groups (broad SMARTS) is 1. The lowest BCUT2D eigenvalue weighted by Crippen LogP contribution is -2.56. The molecule has 1 aromatic rings. The number of fused-ring (bicyclic) bond motifs is 1. The van der Waals surface area contributed by atoms with Gasteiger partial charge in [0.05, 0.1) is 6.42 Å². The number of aromatic nitrogens is 2. The molecule has 20 heavy (non-hydrogen) atoms. The first-order chi connectivity index (χ1) is 9.66. The van der Waals surface area contributed by atoms with E-state index in [-0.39, 0.29) is 12.3 Å². The van der Waals surface area contributed by atoms with Crippen LogP contribution < -0.4 is 10.2 Å². The van der Waals surface area contributed by atoms with Gasteiger partial charge in [-0.2, -0.15) is 0 Å². The Morgan fingerprint density at radius 2 is 2.30 bits per heavy atom.